The fraction of sp³-hybridized carbons (Fsp3) is 0.533. The van der Waals surface area contributed by atoms with Crippen molar-refractivity contribution in [1.29, 1.82) is 0 Å². The Bertz CT molecular complexity index is 479. The summed E-state index contributed by atoms with van der Waals surface area (Å²) in [5.74, 6) is 1.30. The number of likely N-dealkylation sites (tertiary alicyclic amines) is 1. The molecule has 5 nitrogen and oxygen atoms in total. The van der Waals surface area contributed by atoms with Crippen molar-refractivity contribution in [1.82, 2.24) is 14.9 Å². The Hall–Kier alpha value is -1.91. The number of nitrogens with one attached hydrogen (secondary N) is 1. The normalized spacial score (nSPS) is 15.6. The van der Waals surface area contributed by atoms with Crippen LogP contribution in [0, 0.1) is 6.92 Å². The summed E-state index contributed by atoms with van der Waals surface area (Å²) >= 11 is 0. The molecule has 1 fully saturated rings. The van der Waals surface area contributed by atoms with Gasteiger partial charge in [0.2, 0.25) is 0 Å². The number of nitrogens with zero attached hydrogens (tertiary/aromatic N) is 3. The first-order valence-corrected chi connectivity index (χ1v) is 7.20. The first-order valence-electron chi connectivity index (χ1n) is 7.20. The van der Waals surface area contributed by atoms with Crippen molar-refractivity contribution >= 4 is 11.7 Å². The summed E-state index contributed by atoms with van der Waals surface area (Å²) in [6, 6.07) is 1.73. The molecule has 0 radical (unpaired) electrons. The minimum Gasteiger partial charge on any atom is -0.366 e. The largest absolute Gasteiger partial charge is 0.366 e. The summed E-state index contributed by atoms with van der Waals surface area (Å²) in [7, 11) is 0. The van der Waals surface area contributed by atoms with Crippen molar-refractivity contribution in [3.05, 3.63) is 30.2 Å². The summed E-state index contributed by atoms with van der Waals surface area (Å²) in [6.07, 6.45) is 6.33. The smallest absolute Gasteiger partial charge is 0.272 e. The molecule has 0 saturated carbocycles. The Morgan fingerprint density at radius 3 is 2.70 bits per heavy atom. The molecule has 0 spiro atoms. The van der Waals surface area contributed by atoms with Gasteiger partial charge in [0, 0.05) is 25.7 Å². The standard InChI is InChI=1S/C15H22N4O/c1-3-8-16-14-11-13(17-12(2)18-14)15(20)19-9-6-4-5-7-10-19/h3,11H,1,4-10H2,2H3,(H,16,17,18). The van der Waals surface area contributed by atoms with Gasteiger partial charge in [-0.05, 0) is 19.8 Å². The maximum absolute atomic E-state index is 12.5. The lowest BCUT2D eigenvalue weighted by Crippen LogP contribution is -2.32. The van der Waals surface area contributed by atoms with Crippen LogP contribution in [0.25, 0.3) is 0 Å². The lowest BCUT2D eigenvalue weighted by molar-refractivity contribution is 0.0755. The molecular formula is C15H22N4O. The highest BCUT2D eigenvalue weighted by molar-refractivity contribution is 5.93. The highest BCUT2D eigenvalue weighted by Gasteiger charge is 2.19. The quantitative estimate of drug-likeness (QED) is 0.857. The molecule has 0 bridgehead atoms. The fourth-order valence-electron chi connectivity index (χ4n) is 2.38. The van der Waals surface area contributed by atoms with Crippen LogP contribution < -0.4 is 5.32 Å². The second kappa shape index (κ2) is 7.03. The van der Waals surface area contributed by atoms with Crippen LogP contribution in [0.4, 0.5) is 5.82 Å². The fourth-order valence-corrected chi connectivity index (χ4v) is 2.38. The zero-order valence-electron chi connectivity index (χ0n) is 12.1. The number of carbonyl (C=O) groups is 1. The van der Waals surface area contributed by atoms with Gasteiger partial charge in [-0.3, -0.25) is 4.79 Å². The molecule has 108 valence electrons. The van der Waals surface area contributed by atoms with Crippen molar-refractivity contribution in [2.24, 2.45) is 0 Å². The second-order valence-corrected chi connectivity index (χ2v) is 5.06. The van der Waals surface area contributed by atoms with Crippen LogP contribution in [-0.4, -0.2) is 40.4 Å². The molecule has 1 aliphatic rings. The van der Waals surface area contributed by atoms with Crippen LogP contribution in [0.5, 0.6) is 0 Å². The highest BCUT2D eigenvalue weighted by Crippen LogP contribution is 2.14. The zero-order chi connectivity index (χ0) is 14.4. The van der Waals surface area contributed by atoms with E-state index in [0.717, 1.165) is 25.9 Å². The van der Waals surface area contributed by atoms with E-state index in [2.05, 4.69) is 21.9 Å². The summed E-state index contributed by atoms with van der Waals surface area (Å²) in [5, 5.41) is 3.11. The number of aromatic nitrogens is 2. The molecule has 0 unspecified atom stereocenters. The Kier molecular flexibility index (Phi) is 5.09. The van der Waals surface area contributed by atoms with Crippen LogP contribution in [0.1, 0.15) is 42.0 Å². The number of rotatable bonds is 4. The van der Waals surface area contributed by atoms with Gasteiger partial charge in [-0.25, -0.2) is 9.97 Å². The first-order chi connectivity index (χ1) is 9.70. The number of carbonyl (C=O) groups excluding carboxylic acids is 1. The average molecular weight is 274 g/mol. The minimum absolute atomic E-state index is 0.0130. The molecule has 20 heavy (non-hydrogen) atoms. The molecular weight excluding hydrogens is 252 g/mol. The molecule has 1 N–H and O–H groups in total. The van der Waals surface area contributed by atoms with Crippen LogP contribution in [0.15, 0.2) is 18.7 Å². The van der Waals surface area contributed by atoms with Gasteiger partial charge in [-0.1, -0.05) is 18.9 Å². The van der Waals surface area contributed by atoms with Gasteiger partial charge >= 0.3 is 0 Å². The lowest BCUT2D eigenvalue weighted by Gasteiger charge is -2.20. The second-order valence-electron chi connectivity index (χ2n) is 5.06. The molecule has 1 amide bonds. The maximum Gasteiger partial charge on any atom is 0.272 e. The van der Waals surface area contributed by atoms with Crippen LogP contribution in [-0.2, 0) is 0 Å². The molecule has 1 aliphatic heterocycles. The molecule has 0 aromatic carbocycles. The van der Waals surface area contributed by atoms with Crippen molar-refractivity contribution in [2.75, 3.05) is 25.0 Å². The Labute approximate surface area is 120 Å². The molecule has 0 aliphatic carbocycles. The van der Waals surface area contributed by atoms with Crippen molar-refractivity contribution in [2.45, 2.75) is 32.6 Å². The summed E-state index contributed by atoms with van der Waals surface area (Å²) < 4.78 is 0. The van der Waals surface area contributed by atoms with E-state index in [9.17, 15) is 4.79 Å². The van der Waals surface area contributed by atoms with Gasteiger partial charge in [0.05, 0.1) is 0 Å². The third-order valence-corrected chi connectivity index (χ3v) is 3.38. The molecule has 2 heterocycles. The Balaban J connectivity index is 2.15. The third kappa shape index (κ3) is 3.79. The van der Waals surface area contributed by atoms with Gasteiger partial charge in [0.1, 0.15) is 17.3 Å². The number of aryl methyl sites for hydroxylation is 1. The number of hydrogen-bond acceptors (Lipinski definition) is 4. The van der Waals surface area contributed by atoms with E-state index in [1.54, 1.807) is 19.1 Å². The van der Waals surface area contributed by atoms with Crippen LogP contribution >= 0.6 is 0 Å². The third-order valence-electron chi connectivity index (χ3n) is 3.38. The van der Waals surface area contributed by atoms with Gasteiger partial charge in [-0.2, -0.15) is 0 Å². The van der Waals surface area contributed by atoms with Crippen LogP contribution in [0.3, 0.4) is 0 Å². The van der Waals surface area contributed by atoms with Crippen molar-refractivity contribution < 1.29 is 4.79 Å². The van der Waals surface area contributed by atoms with Gasteiger partial charge in [0.25, 0.3) is 5.91 Å². The molecule has 1 aromatic heterocycles. The topological polar surface area (TPSA) is 58.1 Å². The first kappa shape index (κ1) is 14.5. The lowest BCUT2D eigenvalue weighted by atomic mass is 10.2. The van der Waals surface area contributed by atoms with Crippen molar-refractivity contribution in [3.8, 4) is 0 Å². The van der Waals surface area contributed by atoms with Gasteiger partial charge in [0.15, 0.2) is 0 Å². The summed E-state index contributed by atoms with van der Waals surface area (Å²) in [6.45, 7) is 7.74. The van der Waals surface area contributed by atoms with Crippen LogP contribution in [0.2, 0.25) is 0 Å². The number of hydrogen-bond donors (Lipinski definition) is 1. The average Bonchev–Trinajstić information content (AvgIpc) is 2.72. The predicted octanol–water partition coefficient (Wildman–Crippen LogP) is 2.40. The molecule has 1 saturated heterocycles. The van der Waals surface area contributed by atoms with E-state index in [-0.39, 0.29) is 5.91 Å². The zero-order valence-corrected chi connectivity index (χ0v) is 12.1. The number of anilines is 1. The molecule has 5 heteroatoms. The van der Waals surface area contributed by atoms with E-state index >= 15 is 0 Å². The monoisotopic (exact) mass is 274 g/mol. The van der Waals surface area contributed by atoms with E-state index in [1.807, 2.05) is 4.90 Å². The SMILES string of the molecule is C=CCNc1cc(C(=O)N2CCCCCC2)nc(C)n1. The Morgan fingerprint density at radius 1 is 1.35 bits per heavy atom. The molecule has 1 aromatic rings. The van der Waals surface area contributed by atoms with E-state index in [4.69, 9.17) is 0 Å². The predicted molar refractivity (Wildman–Crippen MR) is 79.8 cm³/mol. The summed E-state index contributed by atoms with van der Waals surface area (Å²) in [5.41, 5.74) is 0.478. The minimum atomic E-state index is 0.0130. The van der Waals surface area contributed by atoms with Gasteiger partial charge in [-0.15, -0.1) is 6.58 Å². The van der Waals surface area contributed by atoms with Crippen molar-refractivity contribution in [3.63, 3.8) is 0 Å². The highest BCUT2D eigenvalue weighted by atomic mass is 16.2. The van der Waals surface area contributed by atoms with E-state index in [1.165, 1.54) is 12.8 Å². The molecule has 0 atom stereocenters. The maximum atomic E-state index is 12.5. The van der Waals surface area contributed by atoms with E-state index in [0.29, 0.717) is 23.9 Å². The number of amides is 1. The molecule has 2 rings (SSSR count). The van der Waals surface area contributed by atoms with E-state index < -0.39 is 0 Å². The van der Waals surface area contributed by atoms with Gasteiger partial charge < -0.3 is 10.2 Å². The summed E-state index contributed by atoms with van der Waals surface area (Å²) in [4.78, 5) is 23.0. The Morgan fingerprint density at radius 2 is 2.05 bits per heavy atom.